The lowest BCUT2D eigenvalue weighted by Crippen LogP contribution is -2.33. The van der Waals surface area contributed by atoms with E-state index < -0.39 is 0 Å². The number of fused-ring (bicyclic) bond motifs is 1. The van der Waals surface area contributed by atoms with Crippen molar-refractivity contribution in [1.82, 2.24) is 19.8 Å². The van der Waals surface area contributed by atoms with Crippen molar-refractivity contribution in [2.45, 2.75) is 72.1 Å². The maximum atomic E-state index is 13.6. The molecule has 1 aromatic heterocycles. The highest BCUT2D eigenvalue weighted by molar-refractivity contribution is 5.94. The van der Waals surface area contributed by atoms with Crippen LogP contribution in [0.3, 0.4) is 0 Å². The molecule has 0 saturated heterocycles. The maximum absolute atomic E-state index is 13.6. The van der Waals surface area contributed by atoms with Crippen LogP contribution in [-0.4, -0.2) is 32.9 Å². The van der Waals surface area contributed by atoms with E-state index in [1.165, 1.54) is 18.4 Å². The van der Waals surface area contributed by atoms with Gasteiger partial charge in [-0.25, -0.2) is 4.98 Å². The van der Waals surface area contributed by atoms with Gasteiger partial charge in [-0.1, -0.05) is 51.5 Å². The lowest BCUT2D eigenvalue weighted by Gasteiger charge is -2.23. The Hall–Kier alpha value is -2.66. The molecule has 1 saturated carbocycles. The largest absolute Gasteiger partial charge is 0.331 e. The molecule has 5 nitrogen and oxygen atoms in total. The number of benzene rings is 2. The first-order chi connectivity index (χ1) is 15.5. The van der Waals surface area contributed by atoms with Crippen LogP contribution < -0.4 is 5.32 Å². The molecule has 1 heterocycles. The molecule has 0 radical (unpaired) electrons. The van der Waals surface area contributed by atoms with E-state index in [1.54, 1.807) is 0 Å². The first-order valence-electron chi connectivity index (χ1n) is 12.1. The molecule has 0 atom stereocenters. The Morgan fingerprint density at radius 1 is 1.19 bits per heavy atom. The van der Waals surface area contributed by atoms with Crippen molar-refractivity contribution >= 4 is 16.9 Å². The highest BCUT2D eigenvalue weighted by Gasteiger charge is 2.26. The zero-order valence-corrected chi connectivity index (χ0v) is 19.7. The lowest BCUT2D eigenvalue weighted by atomic mass is 10.1. The van der Waals surface area contributed by atoms with Gasteiger partial charge in [0.25, 0.3) is 5.91 Å². The number of imidazole rings is 1. The van der Waals surface area contributed by atoms with Crippen LogP contribution in [0.15, 0.2) is 48.5 Å². The van der Waals surface area contributed by atoms with Crippen molar-refractivity contribution in [3.8, 4) is 0 Å². The van der Waals surface area contributed by atoms with Crippen LogP contribution in [0.2, 0.25) is 0 Å². The smallest absolute Gasteiger partial charge is 0.254 e. The Morgan fingerprint density at radius 2 is 2.00 bits per heavy atom. The predicted octanol–water partition coefficient (Wildman–Crippen LogP) is 5.39. The van der Waals surface area contributed by atoms with E-state index in [0.29, 0.717) is 12.6 Å². The zero-order chi connectivity index (χ0) is 22.5. The van der Waals surface area contributed by atoms with Gasteiger partial charge in [-0.05, 0) is 55.0 Å². The van der Waals surface area contributed by atoms with E-state index in [4.69, 9.17) is 4.98 Å². The zero-order valence-electron chi connectivity index (χ0n) is 19.7. The molecule has 1 aliphatic rings. The Bertz CT molecular complexity index is 1050. The van der Waals surface area contributed by atoms with Crippen molar-refractivity contribution in [3.63, 3.8) is 0 Å². The predicted molar refractivity (Wildman–Crippen MR) is 131 cm³/mol. The van der Waals surface area contributed by atoms with Gasteiger partial charge in [0, 0.05) is 31.2 Å². The fourth-order valence-corrected chi connectivity index (χ4v) is 4.10. The summed E-state index contributed by atoms with van der Waals surface area (Å²) in [6.45, 7) is 9.51. The third-order valence-electron chi connectivity index (χ3n) is 6.16. The molecular weight excluding hydrogens is 396 g/mol. The third-order valence-corrected chi connectivity index (χ3v) is 6.16. The van der Waals surface area contributed by atoms with Crippen LogP contribution in [0.5, 0.6) is 0 Å². The van der Waals surface area contributed by atoms with Crippen LogP contribution in [0.4, 0.5) is 0 Å². The number of rotatable bonds is 11. The summed E-state index contributed by atoms with van der Waals surface area (Å²) in [7, 11) is 0. The van der Waals surface area contributed by atoms with Gasteiger partial charge in [-0.15, -0.1) is 0 Å². The van der Waals surface area contributed by atoms with E-state index in [9.17, 15) is 4.79 Å². The number of amides is 1. The first-order valence-corrected chi connectivity index (χ1v) is 12.1. The molecule has 0 spiro atoms. The highest BCUT2D eigenvalue weighted by Crippen LogP contribution is 2.32. The van der Waals surface area contributed by atoms with Gasteiger partial charge in [-0.2, -0.15) is 0 Å². The number of nitrogens with zero attached hydrogens (tertiary/aromatic N) is 3. The number of carbonyl (C=O) groups is 1. The Kier molecular flexibility index (Phi) is 7.26. The number of hydrogen-bond acceptors (Lipinski definition) is 3. The minimum absolute atomic E-state index is 0.0925. The number of para-hydroxylation sites is 2. The SMILES string of the molecule is CCCCN(Cc1nc2ccccc2n1CC1CC1)C(=O)c1cccc(CNC(C)C)c1. The van der Waals surface area contributed by atoms with Crippen LogP contribution in [0, 0.1) is 5.92 Å². The lowest BCUT2D eigenvalue weighted by molar-refractivity contribution is 0.0734. The van der Waals surface area contributed by atoms with E-state index in [1.807, 2.05) is 29.2 Å². The Labute approximate surface area is 191 Å². The van der Waals surface area contributed by atoms with Gasteiger partial charge < -0.3 is 14.8 Å². The molecule has 5 heteroatoms. The van der Waals surface area contributed by atoms with Crippen LogP contribution in [0.1, 0.15) is 68.2 Å². The van der Waals surface area contributed by atoms with Crippen molar-refractivity contribution < 1.29 is 4.79 Å². The molecule has 4 rings (SSSR count). The summed E-state index contributed by atoms with van der Waals surface area (Å²) in [5.74, 6) is 1.84. The van der Waals surface area contributed by atoms with Gasteiger partial charge in [0.15, 0.2) is 0 Å². The molecule has 1 fully saturated rings. The molecular formula is C27H36N4O. The summed E-state index contributed by atoms with van der Waals surface area (Å²) in [4.78, 5) is 20.5. The molecule has 32 heavy (non-hydrogen) atoms. The summed E-state index contributed by atoms with van der Waals surface area (Å²) < 4.78 is 2.35. The van der Waals surface area contributed by atoms with Crippen LogP contribution in [-0.2, 0) is 19.6 Å². The van der Waals surface area contributed by atoms with Crippen LogP contribution >= 0.6 is 0 Å². The topological polar surface area (TPSA) is 50.2 Å². The maximum Gasteiger partial charge on any atom is 0.254 e. The van der Waals surface area contributed by atoms with Gasteiger partial charge in [0.2, 0.25) is 0 Å². The van der Waals surface area contributed by atoms with E-state index in [0.717, 1.165) is 60.9 Å². The molecule has 0 bridgehead atoms. The summed E-state index contributed by atoms with van der Waals surface area (Å²) in [6, 6.07) is 16.8. The van der Waals surface area contributed by atoms with Gasteiger partial charge in [-0.3, -0.25) is 4.79 Å². The number of hydrogen-bond donors (Lipinski definition) is 1. The third kappa shape index (κ3) is 5.57. The second kappa shape index (κ2) is 10.3. The van der Waals surface area contributed by atoms with Gasteiger partial charge in [0.05, 0.1) is 17.6 Å². The fraction of sp³-hybridized carbons (Fsp3) is 0.481. The summed E-state index contributed by atoms with van der Waals surface area (Å²) in [6.07, 6.45) is 4.63. The minimum Gasteiger partial charge on any atom is -0.331 e. The van der Waals surface area contributed by atoms with Crippen molar-refractivity contribution in [2.75, 3.05) is 6.54 Å². The quantitative estimate of drug-likeness (QED) is 0.442. The Morgan fingerprint density at radius 3 is 2.75 bits per heavy atom. The van der Waals surface area contributed by atoms with Crippen molar-refractivity contribution in [3.05, 3.63) is 65.5 Å². The van der Waals surface area contributed by atoms with Crippen LogP contribution in [0.25, 0.3) is 11.0 Å². The first kappa shape index (κ1) is 22.5. The van der Waals surface area contributed by atoms with Crippen molar-refractivity contribution in [1.29, 1.82) is 0 Å². The van der Waals surface area contributed by atoms with Gasteiger partial charge >= 0.3 is 0 Å². The monoisotopic (exact) mass is 432 g/mol. The average molecular weight is 433 g/mol. The molecule has 0 aliphatic heterocycles. The molecule has 1 aliphatic carbocycles. The molecule has 1 N–H and O–H groups in total. The van der Waals surface area contributed by atoms with Gasteiger partial charge in [0.1, 0.15) is 5.82 Å². The highest BCUT2D eigenvalue weighted by atomic mass is 16.2. The molecule has 2 aromatic carbocycles. The van der Waals surface area contributed by atoms with Crippen molar-refractivity contribution in [2.24, 2.45) is 5.92 Å². The van der Waals surface area contributed by atoms with E-state index in [-0.39, 0.29) is 5.91 Å². The summed E-state index contributed by atoms with van der Waals surface area (Å²) in [5, 5.41) is 3.44. The minimum atomic E-state index is 0.0925. The summed E-state index contributed by atoms with van der Waals surface area (Å²) >= 11 is 0. The number of nitrogens with one attached hydrogen (secondary N) is 1. The second-order valence-electron chi connectivity index (χ2n) is 9.39. The molecule has 0 unspecified atom stereocenters. The van der Waals surface area contributed by atoms with E-state index >= 15 is 0 Å². The number of aromatic nitrogens is 2. The standard InChI is InChI=1S/C27H36N4O/c1-4-5-15-30(27(32)23-10-8-9-22(16-23)17-28-20(2)3)19-26-29-24-11-6-7-12-25(24)31(26)18-21-13-14-21/h6-12,16,20-21,28H,4-5,13-15,17-19H2,1-3H3. The number of unbranched alkanes of at least 4 members (excludes halogenated alkanes) is 1. The molecule has 170 valence electrons. The average Bonchev–Trinajstić information content (AvgIpc) is 3.56. The normalized spacial score (nSPS) is 13.8. The Balaban J connectivity index is 1.59. The number of carbonyl (C=O) groups excluding carboxylic acids is 1. The molecule has 1 amide bonds. The second-order valence-corrected chi connectivity index (χ2v) is 9.39. The molecule has 3 aromatic rings. The van der Waals surface area contributed by atoms with E-state index in [2.05, 4.69) is 54.9 Å². The fourth-order valence-electron chi connectivity index (χ4n) is 4.10. The summed E-state index contributed by atoms with van der Waals surface area (Å²) in [5.41, 5.74) is 4.10.